The standard InChI is InChI=1S/C27H34N6O3/c1-4-35-22-11-12-24-19(15-22)14-20(27(34)28-24)16-32(17-23-10-7-13-36-23)25(18(2)3)26-29-30-31-33(26)21-8-5-6-9-21/h7,10-15,18,21,25H,4-6,8-9,16-17H2,1-3H3,(H,28,34)/t25-/m1/s1. The minimum Gasteiger partial charge on any atom is -0.494 e. The zero-order chi connectivity index (χ0) is 25.1. The van der Waals surface area contributed by atoms with Crippen molar-refractivity contribution in [2.24, 2.45) is 5.92 Å². The second-order valence-corrected chi connectivity index (χ2v) is 9.90. The number of hydrogen-bond acceptors (Lipinski definition) is 7. The number of rotatable bonds is 10. The van der Waals surface area contributed by atoms with Crippen molar-refractivity contribution in [3.63, 3.8) is 0 Å². The third kappa shape index (κ3) is 5.06. The van der Waals surface area contributed by atoms with Gasteiger partial charge in [0.05, 0.1) is 31.5 Å². The monoisotopic (exact) mass is 490 g/mol. The number of aromatic amines is 1. The lowest BCUT2D eigenvalue weighted by Gasteiger charge is -2.33. The van der Waals surface area contributed by atoms with Crippen LogP contribution in [-0.4, -0.2) is 36.7 Å². The number of benzene rings is 1. The van der Waals surface area contributed by atoms with Gasteiger partial charge in [0.25, 0.3) is 5.56 Å². The third-order valence-electron chi connectivity index (χ3n) is 6.99. The molecular weight excluding hydrogens is 456 g/mol. The molecule has 0 saturated heterocycles. The zero-order valence-electron chi connectivity index (χ0n) is 21.2. The first kappa shape index (κ1) is 24.2. The van der Waals surface area contributed by atoms with Crippen LogP contribution in [0, 0.1) is 5.92 Å². The number of fused-ring (bicyclic) bond motifs is 1. The van der Waals surface area contributed by atoms with Crippen LogP contribution in [-0.2, 0) is 13.1 Å². The van der Waals surface area contributed by atoms with Gasteiger partial charge in [0, 0.05) is 23.0 Å². The van der Waals surface area contributed by atoms with Gasteiger partial charge in [-0.1, -0.05) is 26.7 Å². The Kier molecular flexibility index (Phi) is 7.18. The molecule has 0 amide bonds. The maximum Gasteiger partial charge on any atom is 0.252 e. The highest BCUT2D eigenvalue weighted by molar-refractivity contribution is 5.80. The van der Waals surface area contributed by atoms with Crippen molar-refractivity contribution in [1.82, 2.24) is 30.1 Å². The first-order valence-corrected chi connectivity index (χ1v) is 12.9. The van der Waals surface area contributed by atoms with E-state index in [-0.39, 0.29) is 17.5 Å². The first-order chi connectivity index (χ1) is 17.5. The van der Waals surface area contributed by atoms with Crippen LogP contribution in [0.4, 0.5) is 0 Å². The molecule has 0 radical (unpaired) electrons. The molecule has 5 rings (SSSR count). The van der Waals surface area contributed by atoms with Gasteiger partial charge < -0.3 is 14.1 Å². The summed E-state index contributed by atoms with van der Waals surface area (Å²) in [4.78, 5) is 18.5. The molecule has 4 aromatic rings. The van der Waals surface area contributed by atoms with Gasteiger partial charge >= 0.3 is 0 Å². The summed E-state index contributed by atoms with van der Waals surface area (Å²) in [6.45, 7) is 7.85. The van der Waals surface area contributed by atoms with Crippen molar-refractivity contribution in [3.05, 3.63) is 70.2 Å². The smallest absolute Gasteiger partial charge is 0.252 e. The van der Waals surface area contributed by atoms with Crippen LogP contribution in [0.3, 0.4) is 0 Å². The summed E-state index contributed by atoms with van der Waals surface area (Å²) in [6.07, 6.45) is 6.25. The van der Waals surface area contributed by atoms with Crippen LogP contribution in [0.5, 0.6) is 5.75 Å². The average Bonchev–Trinajstić information content (AvgIpc) is 3.63. The van der Waals surface area contributed by atoms with Gasteiger partial charge in [-0.05, 0) is 72.5 Å². The first-order valence-electron chi connectivity index (χ1n) is 12.9. The number of tetrazole rings is 1. The highest BCUT2D eigenvalue weighted by Gasteiger charge is 2.33. The molecule has 1 saturated carbocycles. The van der Waals surface area contributed by atoms with Gasteiger partial charge in [0.1, 0.15) is 11.5 Å². The van der Waals surface area contributed by atoms with E-state index in [1.165, 1.54) is 12.8 Å². The molecule has 1 aliphatic carbocycles. The molecule has 9 heteroatoms. The lowest BCUT2D eigenvalue weighted by atomic mass is 9.99. The normalized spacial score (nSPS) is 15.4. The van der Waals surface area contributed by atoms with E-state index in [2.05, 4.69) is 39.3 Å². The Morgan fingerprint density at radius 1 is 1.19 bits per heavy atom. The summed E-state index contributed by atoms with van der Waals surface area (Å²) in [5.41, 5.74) is 1.36. The van der Waals surface area contributed by atoms with Crippen LogP contribution < -0.4 is 10.3 Å². The Morgan fingerprint density at radius 3 is 2.75 bits per heavy atom. The largest absolute Gasteiger partial charge is 0.494 e. The molecule has 36 heavy (non-hydrogen) atoms. The summed E-state index contributed by atoms with van der Waals surface area (Å²) in [7, 11) is 0. The van der Waals surface area contributed by atoms with Gasteiger partial charge in [0.2, 0.25) is 0 Å². The second kappa shape index (κ2) is 10.7. The van der Waals surface area contributed by atoms with Crippen molar-refractivity contribution in [2.45, 2.75) is 71.6 Å². The van der Waals surface area contributed by atoms with Crippen molar-refractivity contribution >= 4 is 10.9 Å². The topological polar surface area (TPSA) is 102 Å². The Bertz CT molecular complexity index is 1340. The Hall–Kier alpha value is -3.46. The fourth-order valence-electron chi connectivity index (χ4n) is 5.37. The fourth-order valence-corrected chi connectivity index (χ4v) is 5.37. The second-order valence-electron chi connectivity index (χ2n) is 9.90. The van der Waals surface area contributed by atoms with E-state index in [1.54, 1.807) is 6.26 Å². The fraction of sp³-hybridized carbons (Fsp3) is 0.481. The van der Waals surface area contributed by atoms with Gasteiger partial charge in [-0.3, -0.25) is 9.69 Å². The average molecular weight is 491 g/mol. The van der Waals surface area contributed by atoms with Crippen LogP contribution in [0.15, 0.2) is 51.9 Å². The third-order valence-corrected chi connectivity index (χ3v) is 6.99. The maximum absolute atomic E-state index is 13.2. The lowest BCUT2D eigenvalue weighted by Crippen LogP contribution is -2.35. The lowest BCUT2D eigenvalue weighted by molar-refractivity contribution is 0.114. The molecule has 0 unspecified atom stereocenters. The van der Waals surface area contributed by atoms with E-state index in [0.29, 0.717) is 31.3 Å². The Labute approximate surface area is 210 Å². The molecule has 1 aliphatic rings. The minimum absolute atomic E-state index is 0.101. The molecule has 0 bridgehead atoms. The number of H-pyrrole nitrogens is 1. The van der Waals surface area contributed by atoms with Crippen LogP contribution >= 0.6 is 0 Å². The van der Waals surface area contributed by atoms with Gasteiger partial charge in [-0.15, -0.1) is 5.10 Å². The Morgan fingerprint density at radius 2 is 2.03 bits per heavy atom. The van der Waals surface area contributed by atoms with Crippen molar-refractivity contribution in [2.75, 3.05) is 6.61 Å². The number of ether oxygens (including phenoxy) is 1. The molecule has 1 atom stereocenters. The predicted octanol–water partition coefficient (Wildman–Crippen LogP) is 5.02. The number of nitrogens with zero attached hydrogens (tertiary/aromatic N) is 5. The molecular formula is C27H34N6O3. The number of hydrogen-bond donors (Lipinski definition) is 1. The molecule has 1 fully saturated rings. The molecule has 0 spiro atoms. The van der Waals surface area contributed by atoms with E-state index in [4.69, 9.17) is 9.15 Å². The quantitative estimate of drug-likeness (QED) is 0.333. The van der Waals surface area contributed by atoms with E-state index < -0.39 is 0 Å². The van der Waals surface area contributed by atoms with Crippen molar-refractivity contribution in [3.8, 4) is 5.75 Å². The van der Waals surface area contributed by atoms with Gasteiger partial charge in [-0.25, -0.2) is 4.68 Å². The number of pyridine rings is 1. The van der Waals surface area contributed by atoms with Crippen LogP contribution in [0.1, 0.15) is 75.7 Å². The molecule has 190 valence electrons. The maximum atomic E-state index is 13.2. The zero-order valence-corrected chi connectivity index (χ0v) is 21.2. The predicted molar refractivity (Wildman–Crippen MR) is 137 cm³/mol. The number of furan rings is 1. The Balaban J connectivity index is 1.54. The SMILES string of the molecule is CCOc1ccc2[nH]c(=O)c(CN(Cc3ccco3)[C@@H](c3nnnn3C3CCCC3)C(C)C)cc2c1. The van der Waals surface area contributed by atoms with E-state index in [0.717, 1.165) is 41.1 Å². The van der Waals surface area contributed by atoms with Gasteiger partial charge in [-0.2, -0.15) is 0 Å². The molecule has 1 N–H and O–H groups in total. The highest BCUT2D eigenvalue weighted by atomic mass is 16.5. The molecule has 3 heterocycles. The van der Waals surface area contributed by atoms with E-state index >= 15 is 0 Å². The summed E-state index contributed by atoms with van der Waals surface area (Å²) in [6, 6.07) is 11.8. The molecule has 1 aromatic carbocycles. The van der Waals surface area contributed by atoms with Gasteiger partial charge in [0.15, 0.2) is 5.82 Å². The van der Waals surface area contributed by atoms with Crippen molar-refractivity contribution in [1.29, 1.82) is 0 Å². The van der Waals surface area contributed by atoms with E-state index in [9.17, 15) is 4.79 Å². The highest BCUT2D eigenvalue weighted by Crippen LogP contribution is 2.35. The summed E-state index contributed by atoms with van der Waals surface area (Å²) in [5.74, 6) is 2.66. The molecule has 0 aliphatic heterocycles. The van der Waals surface area contributed by atoms with E-state index in [1.807, 2.05) is 48.0 Å². The summed E-state index contributed by atoms with van der Waals surface area (Å²) >= 11 is 0. The van der Waals surface area contributed by atoms with Crippen LogP contribution in [0.25, 0.3) is 10.9 Å². The number of nitrogens with one attached hydrogen (secondary N) is 1. The van der Waals surface area contributed by atoms with Crippen molar-refractivity contribution < 1.29 is 9.15 Å². The minimum atomic E-state index is -0.103. The number of aromatic nitrogens is 5. The summed E-state index contributed by atoms with van der Waals surface area (Å²) < 4.78 is 13.4. The molecule has 3 aromatic heterocycles. The molecule has 9 nitrogen and oxygen atoms in total. The van der Waals surface area contributed by atoms with Crippen LogP contribution in [0.2, 0.25) is 0 Å². The summed E-state index contributed by atoms with van der Waals surface area (Å²) in [5, 5.41) is 13.9.